The number of aryl methyl sites for hydroxylation is 4. The number of hydrazone groups is 1. The smallest absolute Gasteiger partial charge is 0.339 e. The Hall–Kier alpha value is -9.60. The van der Waals surface area contributed by atoms with Crippen molar-refractivity contribution in [2.24, 2.45) is 5.10 Å². The lowest BCUT2D eigenvalue weighted by molar-refractivity contribution is -0.132. The molecule has 0 saturated carbocycles. The molecule has 5 aliphatic rings. The van der Waals surface area contributed by atoms with E-state index in [2.05, 4.69) is 117 Å². The van der Waals surface area contributed by atoms with E-state index in [9.17, 15) is 46.3 Å². The van der Waals surface area contributed by atoms with Crippen LogP contribution in [0.5, 0.6) is 0 Å². The molecule has 5 unspecified atom stereocenters. The number of aliphatic hydroxyl groups excluding tert-OH is 2. The van der Waals surface area contributed by atoms with Crippen molar-refractivity contribution >= 4 is 129 Å². The summed E-state index contributed by atoms with van der Waals surface area (Å²) < 4.78 is 101. The lowest BCUT2D eigenvalue weighted by Gasteiger charge is -2.36. The third-order valence-corrected chi connectivity index (χ3v) is 23.6. The number of thiocarbonyl (C=S) groups is 1. The SMILES string of the molecule is CC(OCc1ccccc1)C(=O)Cl.Cc1c(Br)c(F)cc2c1-n1c(C(C)O)nnc1C(C)(C)N2.Cc1cc(F)cc2c1-n1c(C(C)O)nnc1C(C)(C)N2.Cc1cc(F)cc2c1-n1c(C(C)OCc3ccccc3)nnc1C(C)(C)N2.Cc1cc(F)cc2c1C/C(=N/NC(=O)C(C)OCc1ccccc1)C(C)(C)N2.Cc1cc(F)cc2c1CC(=S)C(C)(C)N2.O=P(Cl)(Cl)Cl. The van der Waals surface area contributed by atoms with Crippen LogP contribution in [0, 0.1) is 63.7 Å². The average molecular weight is 1960 g/mol. The molecule has 688 valence electrons. The third-order valence-electron chi connectivity index (χ3n) is 21.7. The van der Waals surface area contributed by atoms with Crippen LogP contribution >= 0.6 is 78.7 Å². The minimum absolute atomic E-state index is 0.192. The first-order valence-corrected chi connectivity index (χ1v) is 47.4. The van der Waals surface area contributed by atoms with Gasteiger partial charge in [-0.15, -0.1) is 30.6 Å². The third kappa shape index (κ3) is 25.2. The number of fused-ring (bicyclic) bond motifs is 11. The van der Waals surface area contributed by atoms with Crippen molar-refractivity contribution in [1.82, 2.24) is 49.7 Å². The van der Waals surface area contributed by atoms with Crippen molar-refractivity contribution in [2.75, 3.05) is 26.6 Å². The first-order valence-electron chi connectivity index (χ1n) is 41.3. The van der Waals surface area contributed by atoms with Crippen molar-refractivity contribution in [3.05, 3.63) is 270 Å². The first-order chi connectivity index (χ1) is 60.3. The molecule has 36 heteroatoms. The number of hydrogen-bond donors (Lipinski definition) is 8. The fourth-order valence-corrected chi connectivity index (χ4v) is 15.5. The number of halogens is 10. The van der Waals surface area contributed by atoms with Crippen LogP contribution in [-0.4, -0.2) is 99.5 Å². The molecule has 8 aromatic carbocycles. The lowest BCUT2D eigenvalue weighted by atomic mass is 9.85. The molecule has 8 heterocycles. The maximum Gasteiger partial charge on any atom is 0.339 e. The van der Waals surface area contributed by atoms with E-state index in [-0.39, 0.29) is 46.6 Å². The van der Waals surface area contributed by atoms with Gasteiger partial charge >= 0.3 is 5.20 Å². The highest BCUT2D eigenvalue weighted by Gasteiger charge is 2.42. The van der Waals surface area contributed by atoms with Crippen LogP contribution in [0.15, 0.2) is 155 Å². The van der Waals surface area contributed by atoms with E-state index in [4.69, 9.17) is 38.0 Å². The van der Waals surface area contributed by atoms with Crippen LogP contribution in [-0.2, 0) is 77.6 Å². The lowest BCUT2D eigenvalue weighted by Crippen LogP contribution is -2.46. The van der Waals surface area contributed by atoms with Gasteiger partial charge in [-0.2, -0.15) is 5.10 Å². The quantitative estimate of drug-likeness (QED) is 0.0156. The zero-order valence-corrected chi connectivity index (χ0v) is 81.6. The van der Waals surface area contributed by atoms with Crippen LogP contribution in [0.2, 0.25) is 0 Å². The summed E-state index contributed by atoms with van der Waals surface area (Å²) in [6, 6.07) is 42.9. The fourth-order valence-electron chi connectivity index (χ4n) is 14.9. The van der Waals surface area contributed by atoms with Gasteiger partial charge < -0.3 is 51.0 Å². The molecule has 0 saturated heterocycles. The van der Waals surface area contributed by atoms with Crippen molar-refractivity contribution < 1.29 is 60.5 Å². The molecule has 0 spiro atoms. The Bertz CT molecular complexity index is 6000. The Kier molecular flexibility index (Phi) is 33.0. The van der Waals surface area contributed by atoms with Crippen LogP contribution in [0.1, 0.15) is 213 Å². The van der Waals surface area contributed by atoms with E-state index < -0.39 is 57.0 Å². The first kappa shape index (κ1) is 102. The molecular formula is C93H107BrCl4F5N16O8PS. The molecular weight excluding hydrogens is 1850 g/mol. The summed E-state index contributed by atoms with van der Waals surface area (Å²) in [6.45, 7) is 38.9. The van der Waals surface area contributed by atoms with Gasteiger partial charge in [-0.3, -0.25) is 27.9 Å². The molecule has 0 aliphatic carbocycles. The van der Waals surface area contributed by atoms with Gasteiger partial charge in [-0.25, -0.2) is 27.4 Å². The second-order valence-corrected chi connectivity index (χ2v) is 42.8. The van der Waals surface area contributed by atoms with Gasteiger partial charge in [0.25, 0.3) is 5.91 Å². The number of ether oxygens (including phenoxy) is 3. The number of aliphatic hydroxyl groups is 2. The van der Waals surface area contributed by atoms with Gasteiger partial charge in [0.1, 0.15) is 59.6 Å². The van der Waals surface area contributed by atoms with Crippen LogP contribution in [0.4, 0.5) is 50.4 Å². The predicted molar refractivity (Wildman–Crippen MR) is 507 cm³/mol. The van der Waals surface area contributed by atoms with Crippen LogP contribution < -0.4 is 32.0 Å². The van der Waals surface area contributed by atoms with Crippen LogP contribution in [0.3, 0.4) is 0 Å². The summed E-state index contributed by atoms with van der Waals surface area (Å²) >= 11 is 27.7. The maximum atomic E-state index is 14.0. The Morgan fingerprint density at radius 3 is 1.22 bits per heavy atom. The number of aromatic nitrogens is 9. The van der Waals surface area contributed by atoms with E-state index in [1.165, 1.54) is 42.5 Å². The summed E-state index contributed by atoms with van der Waals surface area (Å²) in [5.74, 6) is 2.16. The number of rotatable bonds is 15. The van der Waals surface area contributed by atoms with Crippen molar-refractivity contribution in [3.63, 3.8) is 0 Å². The molecule has 16 rings (SSSR count). The van der Waals surface area contributed by atoms with E-state index >= 15 is 0 Å². The Morgan fingerprint density at radius 1 is 0.488 bits per heavy atom. The minimum Gasteiger partial charge on any atom is -0.385 e. The number of carbonyl (C=O) groups is 2. The summed E-state index contributed by atoms with van der Waals surface area (Å²) in [4.78, 5) is 23.9. The van der Waals surface area contributed by atoms with Gasteiger partial charge in [0, 0.05) is 35.1 Å². The number of carbonyl (C=O) groups excluding carboxylic acids is 2. The summed E-state index contributed by atoms with van der Waals surface area (Å²) in [5, 5.41) is 62.5. The second kappa shape index (κ2) is 41.9. The van der Waals surface area contributed by atoms with Gasteiger partial charge in [0.15, 0.2) is 34.9 Å². The van der Waals surface area contributed by atoms with Crippen LogP contribution in [0.25, 0.3) is 17.1 Å². The number of anilines is 5. The monoisotopic (exact) mass is 1950 g/mol. The zero-order valence-electron chi connectivity index (χ0n) is 75.2. The predicted octanol–water partition coefficient (Wildman–Crippen LogP) is 22.7. The number of nitrogens with one attached hydrogen (secondary N) is 6. The van der Waals surface area contributed by atoms with E-state index in [0.29, 0.717) is 71.2 Å². The molecule has 3 aromatic heterocycles. The fraction of sp³-hybridized carbons (Fsp3) is 0.376. The topological polar surface area (TPSA) is 296 Å². The Balaban J connectivity index is 0.000000162. The highest BCUT2D eigenvalue weighted by molar-refractivity contribution is 9.10. The summed E-state index contributed by atoms with van der Waals surface area (Å²) in [6.07, 6.45) is -1.65. The maximum absolute atomic E-state index is 14.0. The highest BCUT2D eigenvalue weighted by atomic mass is 79.9. The molecule has 1 amide bonds. The molecule has 24 nitrogen and oxygen atoms in total. The second-order valence-electron chi connectivity index (χ2n) is 34.5. The van der Waals surface area contributed by atoms with Crippen molar-refractivity contribution in [3.8, 4) is 17.1 Å². The number of benzene rings is 8. The number of amides is 1. The Morgan fingerprint density at radius 2 is 0.822 bits per heavy atom. The zero-order chi connectivity index (χ0) is 95.1. The molecule has 0 radical (unpaired) electrons. The highest BCUT2D eigenvalue weighted by Crippen LogP contribution is 2.61. The molecule has 0 bridgehead atoms. The Labute approximate surface area is 781 Å². The van der Waals surface area contributed by atoms with Gasteiger partial charge in [0.2, 0.25) is 5.24 Å². The molecule has 8 N–H and O–H groups in total. The summed E-state index contributed by atoms with van der Waals surface area (Å²) in [7, 11) is 0. The number of hydrogen-bond acceptors (Lipinski definition) is 21. The molecule has 0 fully saturated rings. The van der Waals surface area contributed by atoms with Gasteiger partial charge in [-0.1, -0.05) is 103 Å². The minimum atomic E-state index is -3.22. The normalized spacial score (nSPS) is 16.3. The molecule has 11 aromatic rings. The van der Waals surface area contributed by atoms with Gasteiger partial charge in [-0.05, 0) is 304 Å². The molecule has 5 atom stereocenters. The summed E-state index contributed by atoms with van der Waals surface area (Å²) in [5.41, 5.74) is 16.8. The largest absolute Gasteiger partial charge is 0.385 e. The number of nitrogens with zero attached hydrogens (tertiary/aromatic N) is 10. The molecule has 129 heavy (non-hydrogen) atoms. The standard InChI is InChI=1S/C22H26FN3O2.C21H23FN4O.C14H16BrFN4O.C14H17FN4O.C12H14FNS.C10H11ClO2.Cl3OP/c1-14-10-17(23)11-19-18(14)12-20(22(3,4)24-19)25-26-21(27)15(2)28-13-16-8-6-5-7-9-16;1-13-10-16(22)11-17-18(13)26-19(24-25-20(26)21(3,4)23-17)14(2)27-12-15-8-6-5-7-9-15;1-6-10(15)8(16)5-9-11(6)20-12(7(2)21)18-19-13(20)14(3,4)17-9;1-7-5-9(15)6-10-11(7)19-12(8(2)20)17-18-13(19)14(3,4)16-10;1-7-4-8(13)5-10-9(7)6-11(15)12(2,3)14-10;1-8(10(11)12)13-7-9-5-3-2-4-6-9;1-5(2,3)4/h5-11,15,24H,12-13H2,1-4H3,(H,26,27);5-11,14,23H,12H2,1-4H3;5,7,17,21H,1-4H3;5-6,8,16,20H,1-4H3;4-5,14H,6H2,1-3H3;2-6,8H,7H2,1H3;/b25-20-;;;;;;. The van der Waals surface area contributed by atoms with Crippen molar-refractivity contribution in [1.29, 1.82) is 0 Å². The average Bonchev–Trinajstić information content (AvgIpc) is 1.62. The van der Waals surface area contributed by atoms with E-state index in [1.807, 2.05) is 215 Å². The van der Waals surface area contributed by atoms with Gasteiger partial charge in [0.05, 0.1) is 91.8 Å². The van der Waals surface area contributed by atoms with Crippen molar-refractivity contribution in [2.45, 2.75) is 229 Å². The van der Waals surface area contributed by atoms with E-state index in [1.54, 1.807) is 39.8 Å². The van der Waals surface area contributed by atoms with E-state index in [0.717, 1.165) is 113 Å². The molecule has 5 aliphatic heterocycles.